The van der Waals surface area contributed by atoms with Crippen molar-refractivity contribution in [3.8, 4) is 0 Å². The normalized spacial score (nSPS) is 11.8. The van der Waals surface area contributed by atoms with Crippen molar-refractivity contribution in [2.24, 2.45) is 5.10 Å². The zero-order valence-electron chi connectivity index (χ0n) is 11.2. The van der Waals surface area contributed by atoms with Gasteiger partial charge in [-0.2, -0.15) is 9.78 Å². The maximum Gasteiger partial charge on any atom is 0.282 e. The van der Waals surface area contributed by atoms with Gasteiger partial charge >= 0.3 is 0 Å². The maximum atomic E-state index is 12.4. The summed E-state index contributed by atoms with van der Waals surface area (Å²) in [6.45, 7) is 5.86. The van der Waals surface area contributed by atoms with Gasteiger partial charge in [-0.05, 0) is 26.3 Å². The van der Waals surface area contributed by atoms with E-state index in [-0.39, 0.29) is 5.56 Å². The van der Waals surface area contributed by atoms with E-state index < -0.39 is 0 Å². The number of thiophene rings is 1. The van der Waals surface area contributed by atoms with Gasteiger partial charge in [0.25, 0.3) is 5.56 Å². The van der Waals surface area contributed by atoms with Gasteiger partial charge in [0.1, 0.15) is 11.2 Å². The fourth-order valence-electron chi connectivity index (χ4n) is 1.87. The molecule has 0 aromatic carbocycles. The Hall–Kier alpha value is -1.86. The summed E-state index contributed by atoms with van der Waals surface area (Å²) in [4.78, 5) is 22.8. The van der Waals surface area contributed by atoms with E-state index in [1.807, 2.05) is 26.2 Å². The second kappa shape index (κ2) is 4.92. The molecule has 0 saturated carbocycles. The van der Waals surface area contributed by atoms with Crippen LogP contribution in [0.5, 0.6) is 0 Å². The van der Waals surface area contributed by atoms with Gasteiger partial charge in [0.2, 0.25) is 0 Å². The summed E-state index contributed by atoms with van der Waals surface area (Å²) < 4.78 is 1.26. The van der Waals surface area contributed by atoms with Crippen LogP contribution in [0.1, 0.15) is 21.1 Å². The molecule has 0 aliphatic heterocycles. The van der Waals surface area contributed by atoms with Crippen LogP contribution in [0.3, 0.4) is 0 Å². The van der Waals surface area contributed by atoms with Crippen LogP contribution in [-0.4, -0.2) is 20.9 Å². The molecule has 20 heavy (non-hydrogen) atoms. The Morgan fingerprint density at radius 1 is 1.35 bits per heavy atom. The van der Waals surface area contributed by atoms with Crippen LogP contribution in [0.4, 0.5) is 0 Å². The minimum atomic E-state index is -0.139. The molecule has 0 atom stereocenters. The second-order valence-electron chi connectivity index (χ2n) is 4.39. The molecular formula is C13H12N4OS2. The Labute approximate surface area is 123 Å². The fraction of sp³-hybridized carbons (Fsp3) is 0.231. The second-order valence-corrected chi connectivity index (χ2v) is 6.66. The van der Waals surface area contributed by atoms with E-state index in [1.165, 1.54) is 22.3 Å². The van der Waals surface area contributed by atoms with E-state index in [1.54, 1.807) is 17.6 Å². The largest absolute Gasteiger partial charge is 0.282 e. The number of aryl methyl sites for hydroxylation is 3. The van der Waals surface area contributed by atoms with Crippen LogP contribution < -0.4 is 5.56 Å². The lowest BCUT2D eigenvalue weighted by atomic mass is 10.2. The maximum absolute atomic E-state index is 12.4. The molecule has 0 aliphatic carbocycles. The van der Waals surface area contributed by atoms with Gasteiger partial charge in [0, 0.05) is 10.3 Å². The Balaban J connectivity index is 2.08. The third-order valence-electron chi connectivity index (χ3n) is 3.02. The first-order chi connectivity index (χ1) is 9.56. The van der Waals surface area contributed by atoms with E-state index in [9.17, 15) is 4.79 Å². The Morgan fingerprint density at radius 2 is 2.15 bits per heavy atom. The summed E-state index contributed by atoms with van der Waals surface area (Å²) in [6, 6.07) is 0. The van der Waals surface area contributed by atoms with Crippen molar-refractivity contribution in [3.63, 3.8) is 0 Å². The van der Waals surface area contributed by atoms with Crippen molar-refractivity contribution in [3.05, 3.63) is 43.2 Å². The molecule has 0 spiro atoms. The average Bonchev–Trinajstić information content (AvgIpc) is 2.94. The van der Waals surface area contributed by atoms with Crippen LogP contribution in [-0.2, 0) is 0 Å². The van der Waals surface area contributed by atoms with Crippen LogP contribution in [0.25, 0.3) is 10.2 Å². The number of aromatic nitrogens is 3. The number of hydrogen-bond donors (Lipinski definition) is 0. The fourth-order valence-corrected chi connectivity index (χ4v) is 3.42. The Kier molecular flexibility index (Phi) is 3.23. The van der Waals surface area contributed by atoms with Gasteiger partial charge < -0.3 is 0 Å². The molecule has 0 bridgehead atoms. The molecule has 0 amide bonds. The van der Waals surface area contributed by atoms with Crippen molar-refractivity contribution in [1.29, 1.82) is 0 Å². The minimum Gasteiger partial charge on any atom is -0.267 e. The summed E-state index contributed by atoms with van der Waals surface area (Å²) in [7, 11) is 0. The SMILES string of the molecule is Cc1nc(/C=N/n2cnc3sc(C)c(C)c3c2=O)cs1. The monoisotopic (exact) mass is 304 g/mol. The first-order valence-corrected chi connectivity index (χ1v) is 7.69. The van der Waals surface area contributed by atoms with Crippen LogP contribution >= 0.6 is 22.7 Å². The predicted octanol–water partition coefficient (Wildman–Crippen LogP) is 2.72. The molecule has 3 aromatic heterocycles. The lowest BCUT2D eigenvalue weighted by Crippen LogP contribution is -2.17. The lowest BCUT2D eigenvalue weighted by molar-refractivity contribution is 0.817. The minimum absolute atomic E-state index is 0.139. The smallest absolute Gasteiger partial charge is 0.267 e. The zero-order chi connectivity index (χ0) is 14.3. The van der Waals surface area contributed by atoms with Gasteiger partial charge in [-0.3, -0.25) is 4.79 Å². The number of rotatable bonds is 2. The van der Waals surface area contributed by atoms with Crippen LogP contribution in [0.2, 0.25) is 0 Å². The van der Waals surface area contributed by atoms with E-state index >= 15 is 0 Å². The molecule has 3 rings (SSSR count). The van der Waals surface area contributed by atoms with Gasteiger partial charge in [-0.1, -0.05) is 0 Å². The number of thiazole rings is 1. The Morgan fingerprint density at radius 3 is 2.85 bits per heavy atom. The molecule has 5 nitrogen and oxygen atoms in total. The van der Waals surface area contributed by atoms with Crippen molar-refractivity contribution in [2.75, 3.05) is 0 Å². The molecule has 102 valence electrons. The molecular weight excluding hydrogens is 292 g/mol. The number of hydrogen-bond acceptors (Lipinski definition) is 6. The van der Waals surface area contributed by atoms with E-state index in [0.717, 1.165) is 26.0 Å². The highest BCUT2D eigenvalue weighted by Gasteiger charge is 2.11. The van der Waals surface area contributed by atoms with Gasteiger partial charge in [-0.15, -0.1) is 22.7 Å². The predicted molar refractivity (Wildman–Crippen MR) is 83.2 cm³/mol. The third kappa shape index (κ3) is 2.19. The molecule has 0 fully saturated rings. The quantitative estimate of drug-likeness (QED) is 0.684. The highest BCUT2D eigenvalue weighted by atomic mass is 32.1. The van der Waals surface area contributed by atoms with Crippen molar-refractivity contribution in [2.45, 2.75) is 20.8 Å². The molecule has 3 heterocycles. The summed E-state index contributed by atoms with van der Waals surface area (Å²) in [5.41, 5.74) is 1.59. The number of nitrogens with zero attached hydrogens (tertiary/aromatic N) is 4. The van der Waals surface area contributed by atoms with Gasteiger partial charge in [-0.25, -0.2) is 9.97 Å². The van der Waals surface area contributed by atoms with Gasteiger partial charge in [0.15, 0.2) is 0 Å². The van der Waals surface area contributed by atoms with E-state index in [2.05, 4.69) is 15.1 Å². The molecule has 0 N–H and O–H groups in total. The molecule has 0 radical (unpaired) electrons. The summed E-state index contributed by atoms with van der Waals surface area (Å²) in [5, 5.41) is 7.68. The highest BCUT2D eigenvalue weighted by molar-refractivity contribution is 7.18. The first-order valence-electron chi connectivity index (χ1n) is 6.00. The summed E-state index contributed by atoms with van der Waals surface area (Å²) >= 11 is 3.08. The van der Waals surface area contributed by atoms with Crippen molar-refractivity contribution >= 4 is 39.1 Å². The van der Waals surface area contributed by atoms with Crippen molar-refractivity contribution < 1.29 is 0 Å². The molecule has 7 heteroatoms. The van der Waals surface area contributed by atoms with E-state index in [0.29, 0.717) is 5.39 Å². The molecule has 3 aromatic rings. The first kappa shape index (κ1) is 13.1. The lowest BCUT2D eigenvalue weighted by Gasteiger charge is -1.97. The Bertz CT molecular complexity index is 872. The van der Waals surface area contributed by atoms with Crippen molar-refractivity contribution in [1.82, 2.24) is 14.6 Å². The van der Waals surface area contributed by atoms with Gasteiger partial charge in [0.05, 0.1) is 22.3 Å². The molecule has 0 aliphatic rings. The summed E-state index contributed by atoms with van der Waals surface area (Å²) in [6.07, 6.45) is 3.03. The third-order valence-corrected chi connectivity index (χ3v) is 4.93. The number of fused-ring (bicyclic) bond motifs is 1. The molecule has 0 saturated heterocycles. The standard InChI is InChI=1S/C13H12N4OS2/c1-7-8(2)20-12-11(7)13(18)17(6-14-12)15-4-10-5-19-9(3)16-10/h4-6H,1-3H3/b15-4+. The molecule has 0 unspecified atom stereocenters. The van der Waals surface area contributed by atoms with Crippen LogP contribution in [0.15, 0.2) is 21.6 Å². The highest BCUT2D eigenvalue weighted by Crippen LogP contribution is 2.25. The van der Waals surface area contributed by atoms with Crippen LogP contribution in [0, 0.1) is 20.8 Å². The topological polar surface area (TPSA) is 60.1 Å². The van der Waals surface area contributed by atoms with E-state index in [4.69, 9.17) is 0 Å². The zero-order valence-corrected chi connectivity index (χ0v) is 12.9. The average molecular weight is 304 g/mol. The summed E-state index contributed by atoms with van der Waals surface area (Å²) in [5.74, 6) is 0.